The maximum absolute atomic E-state index is 11.6. The molecule has 5 heteroatoms. The molecule has 5 nitrogen and oxygen atoms in total. The lowest BCUT2D eigenvalue weighted by molar-refractivity contribution is -0.153. The summed E-state index contributed by atoms with van der Waals surface area (Å²) < 4.78 is 5.05. The normalized spacial score (nSPS) is 10.8. The molecule has 0 aliphatic rings. The highest BCUT2D eigenvalue weighted by molar-refractivity contribution is 5.95. The van der Waals surface area contributed by atoms with Gasteiger partial charge in [0.2, 0.25) is 0 Å². The largest absolute Gasteiger partial charge is 0.459 e. The minimum absolute atomic E-state index is 0.148. The average molecular weight is 236 g/mol. The molecule has 1 heterocycles. The van der Waals surface area contributed by atoms with Crippen LogP contribution in [0.4, 0.5) is 0 Å². The number of pyridine rings is 1. The first-order valence-corrected chi connectivity index (χ1v) is 5.28. The van der Waals surface area contributed by atoms with Gasteiger partial charge in [0, 0.05) is 12.4 Å². The van der Waals surface area contributed by atoms with Crippen molar-refractivity contribution in [3.05, 3.63) is 30.1 Å². The van der Waals surface area contributed by atoms with Crippen LogP contribution in [0, 0.1) is 0 Å². The van der Waals surface area contributed by atoms with Gasteiger partial charge in [0.15, 0.2) is 0 Å². The summed E-state index contributed by atoms with van der Waals surface area (Å²) in [5.74, 6) is -0.807. The summed E-state index contributed by atoms with van der Waals surface area (Å²) >= 11 is 0. The van der Waals surface area contributed by atoms with Gasteiger partial charge in [0.25, 0.3) is 5.91 Å². The number of aromatic nitrogens is 1. The van der Waals surface area contributed by atoms with E-state index in [2.05, 4.69) is 10.3 Å². The van der Waals surface area contributed by atoms with Gasteiger partial charge in [-0.15, -0.1) is 0 Å². The molecule has 0 saturated carbocycles. The SMILES string of the molecule is CC(C)(C)OC(=O)CNC(=O)c1cccnc1. The van der Waals surface area contributed by atoms with Crippen molar-refractivity contribution in [2.24, 2.45) is 0 Å². The molecule has 0 spiro atoms. The average Bonchev–Trinajstić information content (AvgIpc) is 2.25. The number of rotatable bonds is 3. The van der Waals surface area contributed by atoms with Crippen molar-refractivity contribution in [1.82, 2.24) is 10.3 Å². The number of amides is 1. The van der Waals surface area contributed by atoms with E-state index in [1.807, 2.05) is 0 Å². The van der Waals surface area contributed by atoms with Crippen LogP contribution < -0.4 is 5.32 Å². The van der Waals surface area contributed by atoms with E-state index in [0.717, 1.165) is 0 Å². The van der Waals surface area contributed by atoms with Gasteiger partial charge in [-0.05, 0) is 32.9 Å². The van der Waals surface area contributed by atoms with Gasteiger partial charge >= 0.3 is 5.97 Å². The molecule has 17 heavy (non-hydrogen) atoms. The number of ether oxygens (including phenoxy) is 1. The van der Waals surface area contributed by atoms with Crippen LogP contribution in [0.15, 0.2) is 24.5 Å². The second kappa shape index (κ2) is 5.43. The molecule has 92 valence electrons. The lowest BCUT2D eigenvalue weighted by Crippen LogP contribution is -2.34. The standard InChI is InChI=1S/C12H16N2O3/c1-12(2,3)17-10(15)8-14-11(16)9-5-4-6-13-7-9/h4-7H,8H2,1-3H3,(H,14,16). The van der Waals surface area contributed by atoms with Gasteiger partial charge < -0.3 is 10.1 Å². The first kappa shape index (κ1) is 13.2. The monoisotopic (exact) mass is 236 g/mol. The molecule has 0 aliphatic carbocycles. The fourth-order valence-electron chi connectivity index (χ4n) is 1.13. The molecule has 0 unspecified atom stereocenters. The van der Waals surface area contributed by atoms with Crippen molar-refractivity contribution < 1.29 is 14.3 Å². The molecule has 0 aliphatic heterocycles. The molecule has 1 rings (SSSR count). The summed E-state index contributed by atoms with van der Waals surface area (Å²) in [5, 5.41) is 2.47. The summed E-state index contributed by atoms with van der Waals surface area (Å²) in [4.78, 5) is 26.7. The summed E-state index contributed by atoms with van der Waals surface area (Å²) in [5.41, 5.74) is -0.133. The summed E-state index contributed by atoms with van der Waals surface area (Å²) in [7, 11) is 0. The molecule has 1 aromatic heterocycles. The van der Waals surface area contributed by atoms with Crippen LogP contribution in [0.2, 0.25) is 0 Å². The maximum Gasteiger partial charge on any atom is 0.325 e. The zero-order valence-electron chi connectivity index (χ0n) is 10.2. The van der Waals surface area contributed by atoms with Crippen LogP contribution >= 0.6 is 0 Å². The Morgan fingerprint density at radius 3 is 2.65 bits per heavy atom. The molecule has 1 aromatic rings. The number of nitrogens with one attached hydrogen (secondary N) is 1. The zero-order chi connectivity index (χ0) is 12.9. The Labute approximate surface area is 100 Å². The molecule has 0 fully saturated rings. The minimum Gasteiger partial charge on any atom is -0.459 e. The smallest absolute Gasteiger partial charge is 0.325 e. The third kappa shape index (κ3) is 5.10. The van der Waals surface area contributed by atoms with Crippen molar-refractivity contribution in [3.8, 4) is 0 Å². The van der Waals surface area contributed by atoms with Gasteiger partial charge in [0.05, 0.1) is 5.56 Å². The van der Waals surface area contributed by atoms with E-state index in [0.29, 0.717) is 5.56 Å². The second-order valence-corrected chi connectivity index (χ2v) is 4.51. The van der Waals surface area contributed by atoms with Crippen LogP contribution in [0.25, 0.3) is 0 Å². The van der Waals surface area contributed by atoms with Crippen molar-refractivity contribution in [2.75, 3.05) is 6.54 Å². The van der Waals surface area contributed by atoms with Crippen LogP contribution in [-0.4, -0.2) is 29.0 Å². The second-order valence-electron chi connectivity index (χ2n) is 4.51. The van der Waals surface area contributed by atoms with E-state index in [1.165, 1.54) is 6.20 Å². The van der Waals surface area contributed by atoms with Gasteiger partial charge in [-0.1, -0.05) is 0 Å². The fraction of sp³-hybridized carbons (Fsp3) is 0.417. The predicted molar refractivity (Wildman–Crippen MR) is 62.4 cm³/mol. The van der Waals surface area contributed by atoms with E-state index in [1.54, 1.807) is 39.1 Å². The molecule has 1 amide bonds. The number of hydrogen-bond donors (Lipinski definition) is 1. The molecule has 0 radical (unpaired) electrons. The van der Waals surface area contributed by atoms with Crippen molar-refractivity contribution in [2.45, 2.75) is 26.4 Å². The maximum atomic E-state index is 11.6. The molecule has 0 aromatic carbocycles. The number of esters is 1. The lowest BCUT2D eigenvalue weighted by atomic mass is 10.2. The zero-order valence-corrected chi connectivity index (χ0v) is 10.2. The summed E-state index contributed by atoms with van der Waals surface area (Å²) in [6.07, 6.45) is 3.01. The highest BCUT2D eigenvalue weighted by Gasteiger charge is 2.16. The Hall–Kier alpha value is -1.91. The quantitative estimate of drug-likeness (QED) is 0.799. The highest BCUT2D eigenvalue weighted by Crippen LogP contribution is 2.06. The number of carbonyl (C=O) groups excluding carboxylic acids is 2. The Balaban J connectivity index is 2.42. The fourth-order valence-corrected chi connectivity index (χ4v) is 1.13. The molecule has 0 atom stereocenters. The third-order valence-electron chi connectivity index (χ3n) is 1.74. The first-order chi connectivity index (χ1) is 7.88. The van der Waals surface area contributed by atoms with Gasteiger partial charge in [-0.25, -0.2) is 0 Å². The van der Waals surface area contributed by atoms with Crippen LogP contribution in [0.5, 0.6) is 0 Å². The van der Waals surface area contributed by atoms with Crippen molar-refractivity contribution in [1.29, 1.82) is 0 Å². The Morgan fingerprint density at radius 2 is 2.12 bits per heavy atom. The molecule has 1 N–H and O–H groups in total. The minimum atomic E-state index is -0.546. The van der Waals surface area contributed by atoms with Gasteiger partial charge in [-0.2, -0.15) is 0 Å². The summed E-state index contributed by atoms with van der Waals surface area (Å²) in [6.45, 7) is 5.17. The number of nitrogens with zero attached hydrogens (tertiary/aromatic N) is 1. The Kier molecular flexibility index (Phi) is 4.20. The van der Waals surface area contributed by atoms with Crippen LogP contribution in [0.1, 0.15) is 31.1 Å². The van der Waals surface area contributed by atoms with Gasteiger partial charge in [0.1, 0.15) is 12.1 Å². The van der Waals surface area contributed by atoms with Crippen molar-refractivity contribution >= 4 is 11.9 Å². The van der Waals surface area contributed by atoms with E-state index in [9.17, 15) is 9.59 Å². The van der Waals surface area contributed by atoms with E-state index in [4.69, 9.17) is 4.74 Å². The van der Waals surface area contributed by atoms with Crippen LogP contribution in [0.3, 0.4) is 0 Å². The van der Waals surface area contributed by atoms with Crippen LogP contribution in [-0.2, 0) is 9.53 Å². The van der Waals surface area contributed by atoms with Gasteiger partial charge in [-0.3, -0.25) is 14.6 Å². The van der Waals surface area contributed by atoms with E-state index < -0.39 is 11.6 Å². The van der Waals surface area contributed by atoms with E-state index in [-0.39, 0.29) is 12.5 Å². The first-order valence-electron chi connectivity index (χ1n) is 5.28. The third-order valence-corrected chi connectivity index (χ3v) is 1.74. The number of carbonyl (C=O) groups is 2. The molecule has 0 saturated heterocycles. The topological polar surface area (TPSA) is 68.3 Å². The Bertz CT molecular complexity index is 396. The molecule has 0 bridgehead atoms. The highest BCUT2D eigenvalue weighted by atomic mass is 16.6. The predicted octanol–water partition coefficient (Wildman–Crippen LogP) is 1.15. The molecular formula is C12H16N2O3. The lowest BCUT2D eigenvalue weighted by Gasteiger charge is -2.19. The number of hydrogen-bond acceptors (Lipinski definition) is 4. The summed E-state index contributed by atoms with van der Waals surface area (Å²) in [6, 6.07) is 3.28. The Morgan fingerprint density at radius 1 is 1.41 bits per heavy atom. The van der Waals surface area contributed by atoms with Crippen molar-refractivity contribution in [3.63, 3.8) is 0 Å². The van der Waals surface area contributed by atoms with E-state index >= 15 is 0 Å². The molecular weight excluding hydrogens is 220 g/mol.